The monoisotopic (exact) mass is 352 g/mol. The number of aromatic nitrogens is 3. The third kappa shape index (κ3) is 3.26. The molecule has 1 saturated heterocycles. The van der Waals surface area contributed by atoms with Gasteiger partial charge in [-0.2, -0.15) is 0 Å². The van der Waals surface area contributed by atoms with E-state index in [1.165, 1.54) is 16.0 Å². The maximum Gasteiger partial charge on any atom is 0.229 e. The number of fused-ring (bicyclic) bond motifs is 1. The van der Waals surface area contributed by atoms with Crippen molar-refractivity contribution in [3.05, 3.63) is 53.6 Å². The number of rotatable bonds is 3. The summed E-state index contributed by atoms with van der Waals surface area (Å²) in [5, 5.41) is 1.21. The smallest absolute Gasteiger partial charge is 0.229 e. The zero-order valence-corrected chi connectivity index (χ0v) is 14.9. The van der Waals surface area contributed by atoms with Crippen molar-refractivity contribution in [3.63, 3.8) is 0 Å². The summed E-state index contributed by atoms with van der Waals surface area (Å²) in [4.78, 5) is 27.5. The van der Waals surface area contributed by atoms with Gasteiger partial charge < -0.3 is 4.90 Å². The van der Waals surface area contributed by atoms with Crippen LogP contribution in [0.4, 0.5) is 0 Å². The fourth-order valence-corrected chi connectivity index (χ4v) is 4.50. The van der Waals surface area contributed by atoms with Gasteiger partial charge in [0.25, 0.3) is 0 Å². The first-order chi connectivity index (χ1) is 12.2. The van der Waals surface area contributed by atoms with Gasteiger partial charge in [0.1, 0.15) is 6.33 Å². The van der Waals surface area contributed by atoms with E-state index in [1.54, 1.807) is 23.7 Å². The molecule has 2 aromatic heterocycles. The number of hydrogen-bond donors (Lipinski definition) is 0. The number of carbonyl (C=O) groups is 1. The van der Waals surface area contributed by atoms with Crippen LogP contribution in [0.2, 0.25) is 0 Å². The molecule has 4 rings (SSSR count). The first kappa shape index (κ1) is 16.1. The molecule has 0 bridgehead atoms. The lowest BCUT2D eigenvalue weighted by atomic mass is 9.95. The lowest BCUT2D eigenvalue weighted by molar-refractivity contribution is -0.133. The Balaban J connectivity index is 1.41. The van der Waals surface area contributed by atoms with E-state index in [0.717, 1.165) is 37.0 Å². The van der Waals surface area contributed by atoms with E-state index in [2.05, 4.69) is 28.2 Å². The second-order valence-electron chi connectivity index (χ2n) is 6.51. The second kappa shape index (κ2) is 6.88. The minimum Gasteiger partial charge on any atom is -0.342 e. The van der Waals surface area contributed by atoms with Crippen molar-refractivity contribution in [2.24, 2.45) is 0 Å². The van der Waals surface area contributed by atoms with Crippen molar-refractivity contribution in [3.8, 4) is 0 Å². The summed E-state index contributed by atoms with van der Waals surface area (Å²) in [6, 6.07) is 8.28. The van der Waals surface area contributed by atoms with Crippen LogP contribution < -0.4 is 0 Å². The molecule has 1 aliphatic rings. The predicted molar refractivity (Wildman–Crippen MR) is 98.6 cm³/mol. The Morgan fingerprint density at radius 2 is 1.92 bits per heavy atom. The number of likely N-dealkylation sites (tertiary alicyclic amines) is 1. The highest BCUT2D eigenvalue weighted by atomic mass is 32.1. The van der Waals surface area contributed by atoms with E-state index < -0.39 is 0 Å². The van der Waals surface area contributed by atoms with Crippen LogP contribution >= 0.6 is 11.3 Å². The third-order valence-electron chi connectivity index (χ3n) is 4.92. The van der Waals surface area contributed by atoms with Gasteiger partial charge in [-0.15, -0.1) is 11.3 Å². The molecule has 1 amide bonds. The van der Waals surface area contributed by atoms with Crippen molar-refractivity contribution < 1.29 is 4.79 Å². The van der Waals surface area contributed by atoms with Crippen LogP contribution in [-0.4, -0.2) is 38.8 Å². The molecule has 0 radical (unpaired) electrons. The standard InChI is InChI=1S/C19H20N4OS/c1-13(15-10-20-12-21-11-15)19(24)23-8-6-14(7-9-23)18-22-16-4-2-3-5-17(16)25-18/h2-5,10-14H,6-9H2,1H3. The van der Waals surface area contributed by atoms with Crippen LogP contribution in [0.5, 0.6) is 0 Å². The highest BCUT2D eigenvalue weighted by molar-refractivity contribution is 7.18. The number of benzene rings is 1. The molecule has 0 saturated carbocycles. The summed E-state index contributed by atoms with van der Waals surface area (Å²) in [6.07, 6.45) is 6.89. The van der Waals surface area contributed by atoms with Crippen molar-refractivity contribution in [2.45, 2.75) is 31.6 Å². The SMILES string of the molecule is CC(C(=O)N1CCC(c2nc3ccccc3s2)CC1)c1cncnc1. The van der Waals surface area contributed by atoms with Crippen LogP contribution in [0, 0.1) is 0 Å². The Morgan fingerprint density at radius 3 is 2.64 bits per heavy atom. The average Bonchev–Trinajstić information content (AvgIpc) is 3.12. The minimum absolute atomic E-state index is 0.164. The van der Waals surface area contributed by atoms with Crippen molar-refractivity contribution in [2.75, 3.05) is 13.1 Å². The number of carbonyl (C=O) groups excluding carboxylic acids is 1. The summed E-state index contributed by atoms with van der Waals surface area (Å²) in [5.41, 5.74) is 1.96. The van der Waals surface area contributed by atoms with Crippen LogP contribution in [0.3, 0.4) is 0 Å². The maximum absolute atomic E-state index is 12.7. The molecule has 5 nitrogen and oxygen atoms in total. The molecule has 3 aromatic rings. The second-order valence-corrected chi connectivity index (χ2v) is 7.58. The maximum atomic E-state index is 12.7. The van der Waals surface area contributed by atoms with E-state index in [4.69, 9.17) is 4.98 Å². The predicted octanol–water partition coefficient (Wildman–Crippen LogP) is 3.60. The molecule has 1 unspecified atom stereocenters. The number of para-hydroxylation sites is 1. The Bertz CT molecular complexity index is 838. The van der Waals surface area contributed by atoms with Crippen LogP contribution in [0.1, 0.15) is 42.2 Å². The van der Waals surface area contributed by atoms with E-state index in [0.29, 0.717) is 5.92 Å². The van der Waals surface area contributed by atoms with Crippen molar-refractivity contribution in [1.29, 1.82) is 0 Å². The highest BCUT2D eigenvalue weighted by Crippen LogP contribution is 2.34. The Kier molecular flexibility index (Phi) is 4.44. The molecule has 1 aliphatic heterocycles. The van der Waals surface area contributed by atoms with Crippen LogP contribution in [0.15, 0.2) is 43.0 Å². The molecule has 128 valence electrons. The first-order valence-corrected chi connectivity index (χ1v) is 9.43. The number of thiazole rings is 1. The summed E-state index contributed by atoms with van der Waals surface area (Å²) in [7, 11) is 0. The molecular weight excluding hydrogens is 332 g/mol. The van der Waals surface area contributed by atoms with Gasteiger partial charge in [0, 0.05) is 37.0 Å². The highest BCUT2D eigenvalue weighted by Gasteiger charge is 2.28. The zero-order valence-electron chi connectivity index (χ0n) is 14.1. The number of nitrogens with zero attached hydrogens (tertiary/aromatic N) is 4. The van der Waals surface area contributed by atoms with Gasteiger partial charge >= 0.3 is 0 Å². The molecular formula is C19H20N4OS. The fraction of sp³-hybridized carbons (Fsp3) is 0.368. The van der Waals surface area contributed by atoms with Gasteiger partial charge in [-0.3, -0.25) is 4.79 Å². The van der Waals surface area contributed by atoms with Gasteiger partial charge in [0.05, 0.1) is 21.1 Å². The molecule has 0 aliphatic carbocycles. The third-order valence-corrected chi connectivity index (χ3v) is 6.12. The summed E-state index contributed by atoms with van der Waals surface area (Å²) in [5.74, 6) is 0.426. The van der Waals surface area contributed by atoms with E-state index in [9.17, 15) is 4.79 Å². The van der Waals surface area contributed by atoms with Crippen molar-refractivity contribution in [1.82, 2.24) is 19.9 Å². The summed E-state index contributed by atoms with van der Waals surface area (Å²) < 4.78 is 1.24. The van der Waals surface area contributed by atoms with Crippen molar-refractivity contribution >= 4 is 27.5 Å². The topological polar surface area (TPSA) is 59.0 Å². The number of piperidine rings is 1. The van der Waals surface area contributed by atoms with E-state index >= 15 is 0 Å². The van der Waals surface area contributed by atoms with E-state index in [1.807, 2.05) is 17.9 Å². The molecule has 1 fully saturated rings. The van der Waals surface area contributed by atoms with Gasteiger partial charge in [0.2, 0.25) is 5.91 Å². The van der Waals surface area contributed by atoms with Gasteiger partial charge in [-0.05, 0) is 31.9 Å². The molecule has 25 heavy (non-hydrogen) atoms. The largest absolute Gasteiger partial charge is 0.342 e. The lowest BCUT2D eigenvalue weighted by Crippen LogP contribution is -2.40. The Labute approximate surface area is 150 Å². The van der Waals surface area contributed by atoms with Gasteiger partial charge in [0.15, 0.2) is 0 Å². The Morgan fingerprint density at radius 1 is 1.20 bits per heavy atom. The molecule has 6 heteroatoms. The summed E-state index contributed by atoms with van der Waals surface area (Å²) in [6.45, 7) is 3.51. The van der Waals surface area contributed by atoms with E-state index in [-0.39, 0.29) is 11.8 Å². The first-order valence-electron chi connectivity index (χ1n) is 8.61. The van der Waals surface area contributed by atoms with Crippen LogP contribution in [0.25, 0.3) is 10.2 Å². The minimum atomic E-state index is -0.194. The molecule has 1 atom stereocenters. The number of hydrogen-bond acceptors (Lipinski definition) is 5. The zero-order chi connectivity index (χ0) is 17.2. The van der Waals surface area contributed by atoms with Gasteiger partial charge in [-0.1, -0.05) is 12.1 Å². The van der Waals surface area contributed by atoms with Gasteiger partial charge in [-0.25, -0.2) is 15.0 Å². The average molecular weight is 352 g/mol. The normalized spacial score (nSPS) is 16.9. The fourth-order valence-electron chi connectivity index (χ4n) is 3.36. The summed E-state index contributed by atoms with van der Waals surface area (Å²) >= 11 is 1.79. The quantitative estimate of drug-likeness (QED) is 0.723. The molecule has 3 heterocycles. The lowest BCUT2D eigenvalue weighted by Gasteiger charge is -2.32. The molecule has 0 N–H and O–H groups in total. The molecule has 1 aromatic carbocycles. The van der Waals surface area contributed by atoms with Crippen LogP contribution in [-0.2, 0) is 4.79 Å². The Hall–Kier alpha value is -2.34. The molecule has 0 spiro atoms. The number of amides is 1.